The van der Waals surface area contributed by atoms with Crippen LogP contribution in [-0.2, 0) is 0 Å². The summed E-state index contributed by atoms with van der Waals surface area (Å²) in [6, 6.07) is 3.94. The molecule has 33 heavy (non-hydrogen) atoms. The molecule has 0 amide bonds. The molecule has 1 aromatic heterocycles. The second kappa shape index (κ2) is 11.7. The normalized spacial score (nSPS) is 17.6. The van der Waals surface area contributed by atoms with E-state index in [9.17, 15) is 0 Å². The van der Waals surface area contributed by atoms with Crippen molar-refractivity contribution in [1.82, 2.24) is 19.8 Å². The Balaban J connectivity index is 1.36. The van der Waals surface area contributed by atoms with E-state index < -0.39 is 0 Å². The Kier molecular flexibility index (Phi) is 8.45. The van der Waals surface area contributed by atoms with E-state index in [1.165, 1.54) is 65.0 Å². The Morgan fingerprint density at radius 3 is 2.24 bits per heavy atom. The molecule has 0 aliphatic carbocycles. The topological polar surface area (TPSA) is 66.0 Å². The van der Waals surface area contributed by atoms with Crippen molar-refractivity contribution in [3.63, 3.8) is 0 Å². The molecule has 0 unspecified atom stereocenters. The standard InChI is InChI=1S/C25H40N6O2/c1-4-29-14-16-30(17-15-29)11-7-5-6-10-26-24-20-18-22(32-2)23(33-3)19-21(20)27-25(28-24)31-12-8-9-13-31/h18-19H,4-17H2,1-3H3,(H,26,27,28). The van der Waals surface area contributed by atoms with E-state index in [2.05, 4.69) is 26.9 Å². The molecule has 4 rings (SSSR count). The van der Waals surface area contributed by atoms with Crippen LogP contribution in [0.1, 0.15) is 39.0 Å². The highest BCUT2D eigenvalue weighted by molar-refractivity contribution is 5.92. The third-order valence-corrected chi connectivity index (χ3v) is 6.93. The number of nitrogens with zero attached hydrogens (tertiary/aromatic N) is 5. The summed E-state index contributed by atoms with van der Waals surface area (Å²) in [5.41, 5.74) is 0.887. The Morgan fingerprint density at radius 2 is 1.55 bits per heavy atom. The number of ether oxygens (including phenoxy) is 2. The highest BCUT2D eigenvalue weighted by Gasteiger charge is 2.19. The molecule has 0 atom stereocenters. The fourth-order valence-electron chi connectivity index (χ4n) is 4.81. The average molecular weight is 457 g/mol. The zero-order chi connectivity index (χ0) is 23.0. The van der Waals surface area contributed by atoms with Gasteiger partial charge < -0.3 is 29.5 Å². The summed E-state index contributed by atoms with van der Waals surface area (Å²) < 4.78 is 11.0. The molecule has 2 aliphatic rings. The van der Waals surface area contributed by atoms with Crippen LogP contribution in [0.3, 0.4) is 0 Å². The summed E-state index contributed by atoms with van der Waals surface area (Å²) in [5, 5.41) is 4.57. The SMILES string of the molecule is CCN1CCN(CCCCCNc2nc(N3CCCC3)nc3cc(OC)c(OC)cc23)CC1. The second-order valence-electron chi connectivity index (χ2n) is 9.05. The maximum absolute atomic E-state index is 5.53. The number of nitrogens with one attached hydrogen (secondary N) is 1. The average Bonchev–Trinajstić information content (AvgIpc) is 3.40. The molecule has 8 heteroatoms. The molecule has 2 aromatic rings. The molecule has 0 saturated carbocycles. The number of aromatic nitrogens is 2. The number of hydrogen-bond acceptors (Lipinski definition) is 8. The largest absolute Gasteiger partial charge is 0.493 e. The van der Waals surface area contributed by atoms with Gasteiger partial charge in [0.05, 0.1) is 19.7 Å². The van der Waals surface area contributed by atoms with Crippen molar-refractivity contribution in [3.8, 4) is 11.5 Å². The fraction of sp³-hybridized carbons (Fsp3) is 0.680. The minimum Gasteiger partial charge on any atom is -0.493 e. The third kappa shape index (κ3) is 5.98. The number of fused-ring (bicyclic) bond motifs is 1. The smallest absolute Gasteiger partial charge is 0.227 e. The van der Waals surface area contributed by atoms with Crippen LogP contribution < -0.4 is 19.7 Å². The van der Waals surface area contributed by atoms with Gasteiger partial charge in [0, 0.05) is 57.3 Å². The molecule has 0 radical (unpaired) electrons. The van der Waals surface area contributed by atoms with Gasteiger partial charge >= 0.3 is 0 Å². The van der Waals surface area contributed by atoms with E-state index in [0.29, 0.717) is 11.5 Å². The van der Waals surface area contributed by atoms with Crippen LogP contribution in [0.15, 0.2) is 12.1 Å². The molecule has 0 bridgehead atoms. The van der Waals surface area contributed by atoms with Gasteiger partial charge in [-0.05, 0) is 44.8 Å². The first-order valence-electron chi connectivity index (χ1n) is 12.6. The summed E-state index contributed by atoms with van der Waals surface area (Å²) in [4.78, 5) is 17.2. The van der Waals surface area contributed by atoms with Crippen molar-refractivity contribution in [2.45, 2.75) is 39.0 Å². The summed E-state index contributed by atoms with van der Waals surface area (Å²) in [6.07, 6.45) is 6.00. The van der Waals surface area contributed by atoms with Gasteiger partial charge in [-0.2, -0.15) is 4.98 Å². The maximum Gasteiger partial charge on any atom is 0.227 e. The quantitative estimate of drug-likeness (QED) is 0.516. The predicted molar refractivity (Wildman–Crippen MR) is 135 cm³/mol. The molecule has 3 heterocycles. The van der Waals surface area contributed by atoms with Gasteiger partial charge in [-0.3, -0.25) is 0 Å². The van der Waals surface area contributed by atoms with Gasteiger partial charge in [0.25, 0.3) is 0 Å². The molecule has 8 nitrogen and oxygen atoms in total. The number of benzene rings is 1. The van der Waals surface area contributed by atoms with Crippen molar-refractivity contribution < 1.29 is 9.47 Å². The number of rotatable bonds is 11. The Bertz CT molecular complexity index is 894. The van der Waals surface area contributed by atoms with E-state index in [0.717, 1.165) is 48.7 Å². The molecule has 2 aliphatic heterocycles. The Hall–Kier alpha value is -2.32. The highest BCUT2D eigenvalue weighted by Crippen LogP contribution is 2.35. The van der Waals surface area contributed by atoms with Crippen molar-refractivity contribution in [1.29, 1.82) is 0 Å². The molecular weight excluding hydrogens is 416 g/mol. The van der Waals surface area contributed by atoms with Gasteiger partial charge in [0.1, 0.15) is 5.82 Å². The van der Waals surface area contributed by atoms with Gasteiger partial charge in [0.2, 0.25) is 5.95 Å². The first-order chi connectivity index (χ1) is 16.2. The van der Waals surface area contributed by atoms with Crippen LogP contribution in [0, 0.1) is 0 Å². The van der Waals surface area contributed by atoms with Crippen LogP contribution in [0.5, 0.6) is 11.5 Å². The number of anilines is 2. The summed E-state index contributed by atoms with van der Waals surface area (Å²) in [7, 11) is 3.33. The number of hydrogen-bond donors (Lipinski definition) is 1. The molecular formula is C25H40N6O2. The van der Waals surface area contributed by atoms with Crippen molar-refractivity contribution in [2.75, 3.05) is 83.3 Å². The number of piperazine rings is 1. The monoisotopic (exact) mass is 456 g/mol. The van der Waals surface area contributed by atoms with Crippen LogP contribution in [0.4, 0.5) is 11.8 Å². The van der Waals surface area contributed by atoms with Crippen LogP contribution in [0.25, 0.3) is 10.9 Å². The van der Waals surface area contributed by atoms with Crippen LogP contribution in [-0.4, -0.2) is 92.9 Å². The molecule has 1 N–H and O–H groups in total. The molecule has 2 saturated heterocycles. The third-order valence-electron chi connectivity index (χ3n) is 6.93. The molecule has 182 valence electrons. The summed E-state index contributed by atoms with van der Waals surface area (Å²) in [5.74, 6) is 3.09. The van der Waals surface area contributed by atoms with E-state index in [-0.39, 0.29) is 0 Å². The van der Waals surface area contributed by atoms with Gasteiger partial charge in [-0.25, -0.2) is 4.98 Å². The lowest BCUT2D eigenvalue weighted by Gasteiger charge is -2.33. The number of likely N-dealkylation sites (N-methyl/N-ethyl adjacent to an activating group) is 1. The summed E-state index contributed by atoms with van der Waals surface area (Å²) in [6.45, 7) is 12.4. The van der Waals surface area contributed by atoms with Gasteiger partial charge in [0.15, 0.2) is 11.5 Å². The minimum absolute atomic E-state index is 0.696. The molecule has 1 aromatic carbocycles. The number of unbranched alkanes of at least 4 members (excludes halogenated alkanes) is 2. The lowest BCUT2D eigenvalue weighted by molar-refractivity contribution is 0.135. The lowest BCUT2D eigenvalue weighted by atomic mass is 10.2. The predicted octanol–water partition coefficient (Wildman–Crippen LogP) is 3.47. The van der Waals surface area contributed by atoms with Crippen molar-refractivity contribution >= 4 is 22.7 Å². The lowest BCUT2D eigenvalue weighted by Crippen LogP contribution is -2.46. The van der Waals surface area contributed by atoms with Gasteiger partial charge in [-0.15, -0.1) is 0 Å². The second-order valence-corrected chi connectivity index (χ2v) is 9.05. The van der Waals surface area contributed by atoms with E-state index in [1.54, 1.807) is 14.2 Å². The van der Waals surface area contributed by atoms with E-state index >= 15 is 0 Å². The molecule has 0 spiro atoms. The maximum atomic E-state index is 5.53. The molecule has 2 fully saturated rings. The Labute approximate surface area is 198 Å². The zero-order valence-electron chi connectivity index (χ0n) is 20.6. The van der Waals surface area contributed by atoms with Crippen molar-refractivity contribution in [3.05, 3.63) is 12.1 Å². The van der Waals surface area contributed by atoms with Crippen LogP contribution in [0.2, 0.25) is 0 Å². The first-order valence-corrected chi connectivity index (χ1v) is 12.6. The highest BCUT2D eigenvalue weighted by atomic mass is 16.5. The van der Waals surface area contributed by atoms with E-state index in [1.807, 2.05) is 12.1 Å². The fourth-order valence-corrected chi connectivity index (χ4v) is 4.81. The zero-order valence-corrected chi connectivity index (χ0v) is 20.6. The first kappa shape index (κ1) is 23.8. The van der Waals surface area contributed by atoms with Gasteiger partial charge in [-0.1, -0.05) is 13.3 Å². The Morgan fingerprint density at radius 1 is 0.848 bits per heavy atom. The summed E-state index contributed by atoms with van der Waals surface area (Å²) >= 11 is 0. The number of methoxy groups -OCH3 is 2. The van der Waals surface area contributed by atoms with Crippen LogP contribution >= 0.6 is 0 Å². The minimum atomic E-state index is 0.696. The van der Waals surface area contributed by atoms with Crippen molar-refractivity contribution in [2.24, 2.45) is 0 Å². The van der Waals surface area contributed by atoms with E-state index in [4.69, 9.17) is 19.4 Å².